The number of rotatable bonds is 8. The fourth-order valence-electron chi connectivity index (χ4n) is 2.90. The van der Waals surface area contributed by atoms with Crippen molar-refractivity contribution in [3.8, 4) is 16.9 Å². The Morgan fingerprint density at radius 3 is 2.34 bits per heavy atom. The van der Waals surface area contributed by atoms with Gasteiger partial charge in [-0.25, -0.2) is 0 Å². The first-order valence-corrected chi connectivity index (χ1v) is 9.63. The Morgan fingerprint density at radius 1 is 0.862 bits per heavy atom. The number of benzene rings is 3. The molecular formula is C24H24N2O3. The summed E-state index contributed by atoms with van der Waals surface area (Å²) in [6.45, 7) is 2.41. The zero-order chi connectivity index (χ0) is 20.5. The monoisotopic (exact) mass is 388 g/mol. The van der Waals surface area contributed by atoms with E-state index < -0.39 is 0 Å². The lowest BCUT2D eigenvalue weighted by atomic mass is 10.1. The minimum absolute atomic E-state index is 0.158. The van der Waals surface area contributed by atoms with Crippen LogP contribution in [0, 0.1) is 0 Å². The molecule has 3 aromatic carbocycles. The summed E-state index contributed by atoms with van der Waals surface area (Å²) < 4.78 is 5.78. The molecule has 0 aliphatic rings. The summed E-state index contributed by atoms with van der Waals surface area (Å²) in [6, 6.07) is 24.4. The molecule has 0 aromatic heterocycles. The van der Waals surface area contributed by atoms with Crippen LogP contribution in [0.5, 0.6) is 5.75 Å². The van der Waals surface area contributed by atoms with E-state index in [1.54, 1.807) is 24.3 Å². The molecule has 0 aliphatic carbocycles. The predicted octanol–water partition coefficient (Wildman–Crippen LogP) is 4.51. The first-order valence-electron chi connectivity index (χ1n) is 9.63. The maximum Gasteiger partial charge on any atom is 0.262 e. The second-order valence-electron chi connectivity index (χ2n) is 6.50. The Morgan fingerprint density at radius 2 is 1.55 bits per heavy atom. The van der Waals surface area contributed by atoms with Gasteiger partial charge in [-0.1, -0.05) is 67.6 Å². The van der Waals surface area contributed by atoms with Crippen molar-refractivity contribution < 1.29 is 14.3 Å². The number of para-hydroxylation sites is 2. The van der Waals surface area contributed by atoms with Gasteiger partial charge in [-0.05, 0) is 30.2 Å². The van der Waals surface area contributed by atoms with Crippen LogP contribution in [-0.4, -0.2) is 25.0 Å². The lowest BCUT2D eigenvalue weighted by Crippen LogP contribution is -2.27. The molecule has 0 spiro atoms. The maximum atomic E-state index is 12.5. The highest BCUT2D eigenvalue weighted by Crippen LogP contribution is 2.29. The molecule has 2 amide bonds. The first kappa shape index (κ1) is 20.1. The largest absolute Gasteiger partial charge is 0.483 e. The van der Waals surface area contributed by atoms with E-state index in [2.05, 4.69) is 10.6 Å². The fraction of sp³-hybridized carbons (Fsp3) is 0.167. The third-order valence-corrected chi connectivity index (χ3v) is 4.31. The van der Waals surface area contributed by atoms with Gasteiger partial charge < -0.3 is 15.4 Å². The fourth-order valence-corrected chi connectivity index (χ4v) is 2.90. The van der Waals surface area contributed by atoms with Crippen LogP contribution in [0.1, 0.15) is 23.7 Å². The van der Waals surface area contributed by atoms with Crippen LogP contribution >= 0.6 is 0 Å². The topological polar surface area (TPSA) is 67.4 Å². The van der Waals surface area contributed by atoms with Gasteiger partial charge in [-0.15, -0.1) is 0 Å². The number of ether oxygens (including phenoxy) is 1. The summed E-state index contributed by atoms with van der Waals surface area (Å²) in [7, 11) is 0. The Bertz CT molecular complexity index is 971. The van der Waals surface area contributed by atoms with Gasteiger partial charge in [0.2, 0.25) is 0 Å². The van der Waals surface area contributed by atoms with E-state index in [9.17, 15) is 9.59 Å². The molecule has 148 valence electrons. The molecule has 5 heteroatoms. The van der Waals surface area contributed by atoms with E-state index in [1.165, 1.54) is 0 Å². The van der Waals surface area contributed by atoms with Gasteiger partial charge >= 0.3 is 0 Å². The molecule has 0 saturated heterocycles. The number of carbonyl (C=O) groups is 2. The Labute approximate surface area is 170 Å². The predicted molar refractivity (Wildman–Crippen MR) is 115 cm³/mol. The average Bonchev–Trinajstić information content (AvgIpc) is 2.77. The molecule has 3 rings (SSSR count). The minimum atomic E-state index is -0.330. The molecule has 0 radical (unpaired) electrons. The van der Waals surface area contributed by atoms with Gasteiger partial charge in [0, 0.05) is 12.1 Å². The SMILES string of the molecule is CCCNC(=O)c1ccccc1NC(=O)COc1ccccc1-c1ccccc1. The van der Waals surface area contributed by atoms with Crippen molar-refractivity contribution in [2.24, 2.45) is 0 Å². The van der Waals surface area contributed by atoms with E-state index in [0.29, 0.717) is 23.5 Å². The minimum Gasteiger partial charge on any atom is -0.483 e. The van der Waals surface area contributed by atoms with E-state index in [0.717, 1.165) is 17.5 Å². The van der Waals surface area contributed by atoms with E-state index >= 15 is 0 Å². The summed E-state index contributed by atoms with van der Waals surface area (Å²) in [6.07, 6.45) is 0.842. The van der Waals surface area contributed by atoms with Crippen molar-refractivity contribution in [3.63, 3.8) is 0 Å². The Kier molecular flexibility index (Phi) is 7.00. The summed E-state index contributed by atoms with van der Waals surface area (Å²) in [4.78, 5) is 24.7. The molecule has 3 aromatic rings. The van der Waals surface area contributed by atoms with Gasteiger partial charge in [0.15, 0.2) is 6.61 Å². The summed E-state index contributed by atoms with van der Waals surface area (Å²) >= 11 is 0. The molecule has 29 heavy (non-hydrogen) atoms. The Balaban J connectivity index is 1.67. The zero-order valence-electron chi connectivity index (χ0n) is 16.4. The zero-order valence-corrected chi connectivity index (χ0v) is 16.4. The maximum absolute atomic E-state index is 12.5. The smallest absolute Gasteiger partial charge is 0.262 e. The molecule has 0 saturated carbocycles. The molecule has 0 fully saturated rings. The number of amides is 2. The van der Waals surface area contributed by atoms with Gasteiger partial charge in [-0.3, -0.25) is 9.59 Å². The van der Waals surface area contributed by atoms with E-state index in [1.807, 2.05) is 61.5 Å². The molecule has 5 nitrogen and oxygen atoms in total. The number of anilines is 1. The molecule has 2 N–H and O–H groups in total. The molecule has 0 unspecified atom stereocenters. The van der Waals surface area contributed by atoms with E-state index in [4.69, 9.17) is 4.74 Å². The molecule has 0 heterocycles. The Hall–Kier alpha value is -3.60. The molecule has 0 aliphatic heterocycles. The lowest BCUT2D eigenvalue weighted by molar-refractivity contribution is -0.118. The van der Waals surface area contributed by atoms with Crippen molar-refractivity contribution in [2.45, 2.75) is 13.3 Å². The molecule has 0 bridgehead atoms. The normalized spacial score (nSPS) is 10.2. The van der Waals surface area contributed by atoms with Crippen LogP contribution in [0.4, 0.5) is 5.69 Å². The quantitative estimate of drug-likeness (QED) is 0.597. The average molecular weight is 388 g/mol. The van der Waals surface area contributed by atoms with Gasteiger partial charge in [-0.2, -0.15) is 0 Å². The lowest BCUT2D eigenvalue weighted by Gasteiger charge is -2.13. The van der Waals surface area contributed by atoms with Crippen molar-refractivity contribution in [1.29, 1.82) is 0 Å². The standard InChI is InChI=1S/C24H24N2O3/c1-2-16-25-24(28)20-13-6-8-14-21(20)26-23(27)17-29-22-15-9-7-12-19(22)18-10-4-3-5-11-18/h3-15H,2,16-17H2,1H3,(H,25,28)(H,26,27). The highest BCUT2D eigenvalue weighted by molar-refractivity contribution is 6.04. The van der Waals surface area contributed by atoms with Crippen LogP contribution in [0.2, 0.25) is 0 Å². The van der Waals surface area contributed by atoms with Crippen LogP contribution < -0.4 is 15.4 Å². The van der Waals surface area contributed by atoms with Crippen molar-refractivity contribution in [2.75, 3.05) is 18.5 Å². The van der Waals surface area contributed by atoms with Crippen LogP contribution in [0.15, 0.2) is 78.9 Å². The third-order valence-electron chi connectivity index (χ3n) is 4.31. The summed E-state index contributed by atoms with van der Waals surface area (Å²) in [5.41, 5.74) is 2.83. The number of hydrogen-bond acceptors (Lipinski definition) is 3. The number of hydrogen-bond donors (Lipinski definition) is 2. The van der Waals surface area contributed by atoms with Gasteiger partial charge in [0.1, 0.15) is 5.75 Å². The van der Waals surface area contributed by atoms with Gasteiger partial charge in [0.25, 0.3) is 11.8 Å². The van der Waals surface area contributed by atoms with Crippen molar-refractivity contribution >= 4 is 17.5 Å². The summed E-state index contributed by atoms with van der Waals surface area (Å²) in [5.74, 6) is 0.0875. The van der Waals surface area contributed by atoms with Crippen LogP contribution in [0.3, 0.4) is 0 Å². The third kappa shape index (κ3) is 5.45. The van der Waals surface area contributed by atoms with Crippen molar-refractivity contribution in [1.82, 2.24) is 5.32 Å². The highest BCUT2D eigenvalue weighted by Gasteiger charge is 2.13. The second-order valence-corrected chi connectivity index (χ2v) is 6.50. The second kappa shape index (κ2) is 10.1. The molecule has 0 atom stereocenters. The number of carbonyl (C=O) groups excluding carboxylic acids is 2. The first-order chi connectivity index (χ1) is 14.2. The number of nitrogens with one attached hydrogen (secondary N) is 2. The van der Waals surface area contributed by atoms with Gasteiger partial charge in [0.05, 0.1) is 11.3 Å². The van der Waals surface area contributed by atoms with Crippen LogP contribution in [-0.2, 0) is 4.79 Å². The van der Waals surface area contributed by atoms with E-state index in [-0.39, 0.29) is 18.4 Å². The van der Waals surface area contributed by atoms with Crippen molar-refractivity contribution in [3.05, 3.63) is 84.4 Å². The highest BCUT2D eigenvalue weighted by atomic mass is 16.5. The molecular weight excluding hydrogens is 364 g/mol. The summed E-state index contributed by atoms with van der Waals surface area (Å²) in [5, 5.41) is 5.60. The van der Waals surface area contributed by atoms with Crippen LogP contribution in [0.25, 0.3) is 11.1 Å².